The van der Waals surface area contributed by atoms with E-state index < -0.39 is 11.4 Å². The number of carboxylic acid groups (broad SMARTS) is 1. The van der Waals surface area contributed by atoms with Crippen molar-refractivity contribution in [3.8, 4) is 0 Å². The number of carbonyl (C=O) groups is 2. The molecule has 2 N–H and O–H groups in total. The zero-order valence-electron chi connectivity index (χ0n) is 11.5. The lowest BCUT2D eigenvalue weighted by atomic mass is 9.69. The summed E-state index contributed by atoms with van der Waals surface area (Å²) < 4.78 is 0. The molecule has 2 amide bonds. The Labute approximate surface area is 117 Å². The molecule has 20 heavy (non-hydrogen) atoms. The maximum Gasteiger partial charge on any atom is 0.317 e. The number of aliphatic carboxylic acids is 1. The predicted octanol–water partition coefficient (Wildman–Crippen LogP) is 1.48. The molecule has 0 radical (unpaired) electrons. The first-order valence-corrected chi connectivity index (χ1v) is 6.65. The summed E-state index contributed by atoms with van der Waals surface area (Å²) in [5.74, 6) is -0.819. The molecule has 1 aromatic heterocycles. The van der Waals surface area contributed by atoms with Gasteiger partial charge in [-0.2, -0.15) is 0 Å². The number of nitrogens with zero attached hydrogens (tertiary/aromatic N) is 2. The van der Waals surface area contributed by atoms with Crippen LogP contribution in [0.15, 0.2) is 24.5 Å². The molecule has 0 saturated heterocycles. The van der Waals surface area contributed by atoms with E-state index in [2.05, 4.69) is 10.3 Å². The number of urea groups is 1. The van der Waals surface area contributed by atoms with E-state index in [0.717, 1.165) is 12.0 Å². The Kier molecular flexibility index (Phi) is 4.22. The van der Waals surface area contributed by atoms with Gasteiger partial charge in [-0.3, -0.25) is 9.78 Å². The van der Waals surface area contributed by atoms with Gasteiger partial charge >= 0.3 is 12.0 Å². The molecule has 0 aliphatic heterocycles. The first-order chi connectivity index (χ1) is 9.53. The van der Waals surface area contributed by atoms with Crippen LogP contribution >= 0.6 is 0 Å². The SMILES string of the molecule is CN(Cc1ccncc1)C(=O)NCC1(C(=O)O)CCC1. The predicted molar refractivity (Wildman–Crippen MR) is 73.0 cm³/mol. The van der Waals surface area contributed by atoms with Gasteiger partial charge in [0.05, 0.1) is 5.41 Å². The molecule has 1 heterocycles. The van der Waals surface area contributed by atoms with Crippen LogP contribution in [0.4, 0.5) is 4.79 Å². The minimum absolute atomic E-state index is 0.196. The van der Waals surface area contributed by atoms with Gasteiger partial charge in [-0.25, -0.2) is 4.79 Å². The van der Waals surface area contributed by atoms with Gasteiger partial charge < -0.3 is 15.3 Å². The normalized spacial score (nSPS) is 16.1. The van der Waals surface area contributed by atoms with Crippen LogP contribution in [0.25, 0.3) is 0 Å². The van der Waals surface area contributed by atoms with Crippen molar-refractivity contribution in [2.75, 3.05) is 13.6 Å². The summed E-state index contributed by atoms with van der Waals surface area (Å²) in [5, 5.41) is 11.9. The van der Waals surface area contributed by atoms with Crippen molar-refractivity contribution in [1.29, 1.82) is 0 Å². The summed E-state index contributed by atoms with van der Waals surface area (Å²) in [7, 11) is 1.68. The highest BCUT2D eigenvalue weighted by molar-refractivity contribution is 5.78. The number of nitrogens with one attached hydrogen (secondary N) is 1. The summed E-state index contributed by atoms with van der Waals surface area (Å²) in [6.07, 6.45) is 5.53. The van der Waals surface area contributed by atoms with Gasteiger partial charge in [0.25, 0.3) is 0 Å². The van der Waals surface area contributed by atoms with Crippen LogP contribution in [0.3, 0.4) is 0 Å². The maximum absolute atomic E-state index is 12.0. The fraction of sp³-hybridized carbons (Fsp3) is 0.500. The van der Waals surface area contributed by atoms with Crippen LogP contribution < -0.4 is 5.32 Å². The van der Waals surface area contributed by atoms with Gasteiger partial charge in [0.15, 0.2) is 0 Å². The Morgan fingerprint density at radius 2 is 2.05 bits per heavy atom. The zero-order chi connectivity index (χ0) is 14.6. The Morgan fingerprint density at radius 1 is 1.40 bits per heavy atom. The number of carboxylic acids is 1. The first-order valence-electron chi connectivity index (χ1n) is 6.65. The Balaban J connectivity index is 1.84. The maximum atomic E-state index is 12.0. The van der Waals surface area contributed by atoms with Gasteiger partial charge in [-0.1, -0.05) is 6.42 Å². The fourth-order valence-corrected chi connectivity index (χ4v) is 2.28. The molecular weight excluding hydrogens is 258 g/mol. The van der Waals surface area contributed by atoms with E-state index in [1.807, 2.05) is 12.1 Å². The second-order valence-electron chi connectivity index (χ2n) is 5.31. The van der Waals surface area contributed by atoms with Crippen molar-refractivity contribution >= 4 is 12.0 Å². The van der Waals surface area contributed by atoms with E-state index in [1.54, 1.807) is 19.4 Å². The zero-order valence-corrected chi connectivity index (χ0v) is 11.5. The van der Waals surface area contributed by atoms with Crippen LogP contribution in [-0.4, -0.2) is 40.6 Å². The van der Waals surface area contributed by atoms with Gasteiger partial charge in [-0.15, -0.1) is 0 Å². The molecule has 1 aromatic rings. The van der Waals surface area contributed by atoms with Crippen LogP contribution in [0.5, 0.6) is 0 Å². The molecular formula is C14H19N3O3. The minimum atomic E-state index is -0.819. The van der Waals surface area contributed by atoms with E-state index in [4.69, 9.17) is 0 Å². The highest BCUT2D eigenvalue weighted by Gasteiger charge is 2.44. The highest BCUT2D eigenvalue weighted by Crippen LogP contribution is 2.40. The van der Waals surface area contributed by atoms with Crippen LogP contribution in [0.1, 0.15) is 24.8 Å². The van der Waals surface area contributed by atoms with E-state index in [0.29, 0.717) is 19.4 Å². The second kappa shape index (κ2) is 5.90. The smallest absolute Gasteiger partial charge is 0.317 e. The number of rotatable bonds is 5. The Morgan fingerprint density at radius 3 is 2.55 bits per heavy atom. The Hall–Kier alpha value is -2.11. The number of hydrogen-bond acceptors (Lipinski definition) is 3. The molecule has 1 fully saturated rings. The van der Waals surface area contributed by atoms with Crippen molar-refractivity contribution in [3.05, 3.63) is 30.1 Å². The van der Waals surface area contributed by atoms with Gasteiger partial charge in [0.2, 0.25) is 0 Å². The summed E-state index contributed by atoms with van der Waals surface area (Å²) in [5.41, 5.74) is 0.224. The molecule has 1 saturated carbocycles. The molecule has 108 valence electrons. The molecule has 0 bridgehead atoms. The molecule has 0 aromatic carbocycles. The van der Waals surface area contributed by atoms with Crippen molar-refractivity contribution in [3.63, 3.8) is 0 Å². The van der Waals surface area contributed by atoms with Crippen molar-refractivity contribution in [1.82, 2.24) is 15.2 Å². The topological polar surface area (TPSA) is 82.5 Å². The number of carbonyl (C=O) groups excluding carboxylic acids is 1. The van der Waals surface area contributed by atoms with Crippen LogP contribution in [0.2, 0.25) is 0 Å². The third kappa shape index (κ3) is 3.07. The van der Waals surface area contributed by atoms with E-state index in [-0.39, 0.29) is 12.6 Å². The van der Waals surface area contributed by atoms with Gasteiger partial charge in [0, 0.05) is 32.5 Å². The molecule has 6 nitrogen and oxygen atoms in total. The highest BCUT2D eigenvalue weighted by atomic mass is 16.4. The van der Waals surface area contributed by atoms with Crippen molar-refractivity contribution in [2.45, 2.75) is 25.8 Å². The summed E-state index contributed by atoms with van der Waals surface area (Å²) >= 11 is 0. The first kappa shape index (κ1) is 14.3. The van der Waals surface area contributed by atoms with Crippen LogP contribution in [0, 0.1) is 5.41 Å². The fourth-order valence-electron chi connectivity index (χ4n) is 2.28. The Bertz CT molecular complexity index is 486. The second-order valence-corrected chi connectivity index (χ2v) is 5.31. The van der Waals surface area contributed by atoms with Gasteiger partial charge in [-0.05, 0) is 30.5 Å². The standard InChI is InChI=1S/C14H19N3O3/c1-17(9-11-3-7-15-8-4-11)13(20)16-10-14(12(18)19)5-2-6-14/h3-4,7-8H,2,5-6,9-10H2,1H3,(H,16,20)(H,18,19). The average molecular weight is 277 g/mol. The number of amides is 2. The summed E-state index contributed by atoms with van der Waals surface area (Å²) in [4.78, 5) is 28.6. The largest absolute Gasteiger partial charge is 0.481 e. The summed E-state index contributed by atoms with van der Waals surface area (Å²) in [6, 6.07) is 3.43. The van der Waals surface area contributed by atoms with Crippen molar-refractivity contribution < 1.29 is 14.7 Å². The minimum Gasteiger partial charge on any atom is -0.481 e. The van der Waals surface area contributed by atoms with E-state index in [9.17, 15) is 14.7 Å². The lowest BCUT2D eigenvalue weighted by Crippen LogP contribution is -2.49. The summed E-state index contributed by atoms with van der Waals surface area (Å²) in [6.45, 7) is 0.663. The molecule has 0 atom stereocenters. The van der Waals surface area contributed by atoms with Crippen molar-refractivity contribution in [2.24, 2.45) is 5.41 Å². The number of pyridine rings is 1. The third-order valence-electron chi connectivity index (χ3n) is 3.86. The molecule has 6 heteroatoms. The van der Waals surface area contributed by atoms with Crippen LogP contribution in [-0.2, 0) is 11.3 Å². The monoisotopic (exact) mass is 277 g/mol. The van der Waals surface area contributed by atoms with Gasteiger partial charge in [0.1, 0.15) is 0 Å². The molecule has 1 aliphatic carbocycles. The number of aromatic nitrogens is 1. The molecule has 0 unspecified atom stereocenters. The molecule has 1 aliphatic rings. The van der Waals surface area contributed by atoms with E-state index >= 15 is 0 Å². The molecule has 2 rings (SSSR count). The lowest BCUT2D eigenvalue weighted by Gasteiger charge is -2.37. The average Bonchev–Trinajstić information content (AvgIpc) is 2.37. The molecule has 0 spiro atoms. The lowest BCUT2D eigenvalue weighted by molar-refractivity contribution is -0.153. The third-order valence-corrected chi connectivity index (χ3v) is 3.86. The van der Waals surface area contributed by atoms with E-state index in [1.165, 1.54) is 4.90 Å². The quantitative estimate of drug-likeness (QED) is 0.854. The number of hydrogen-bond donors (Lipinski definition) is 2.